The van der Waals surface area contributed by atoms with E-state index in [1.807, 2.05) is 0 Å². The van der Waals surface area contributed by atoms with E-state index in [1.165, 1.54) is 34.9 Å². The molecule has 0 amide bonds. The number of fused-ring (bicyclic) bond motifs is 2. The van der Waals surface area contributed by atoms with E-state index in [2.05, 4.69) is 29.6 Å². The molecule has 2 aromatic rings. The fourth-order valence-electron chi connectivity index (χ4n) is 3.66. The molecule has 0 bridgehead atoms. The molecule has 3 atom stereocenters. The summed E-state index contributed by atoms with van der Waals surface area (Å²) in [5, 5.41) is 14.0. The van der Waals surface area contributed by atoms with Crippen molar-refractivity contribution >= 4 is 21.4 Å². The van der Waals surface area contributed by atoms with Crippen molar-refractivity contribution in [2.24, 2.45) is 17.8 Å². The molecule has 1 N–H and O–H groups in total. The first-order valence-corrected chi connectivity index (χ1v) is 7.82. The molecule has 1 aromatic heterocycles. The molecule has 2 fully saturated rings. The predicted molar refractivity (Wildman–Crippen MR) is 75.9 cm³/mol. The monoisotopic (exact) mass is 258 g/mol. The van der Waals surface area contributed by atoms with E-state index in [4.69, 9.17) is 0 Å². The molecule has 0 radical (unpaired) electrons. The second kappa shape index (κ2) is 4.07. The molecule has 0 spiro atoms. The van der Waals surface area contributed by atoms with Crippen LogP contribution in [-0.4, -0.2) is 11.2 Å². The molecule has 1 nitrogen and oxygen atoms in total. The van der Waals surface area contributed by atoms with Gasteiger partial charge in [-0.1, -0.05) is 18.2 Å². The van der Waals surface area contributed by atoms with Crippen LogP contribution in [-0.2, 0) is 6.42 Å². The molecule has 1 aromatic carbocycles. The number of aliphatic hydroxyl groups is 1. The lowest BCUT2D eigenvalue weighted by Gasteiger charge is -2.19. The topological polar surface area (TPSA) is 20.2 Å². The molecule has 0 aliphatic heterocycles. The number of benzene rings is 1. The molecule has 4 rings (SSSR count). The van der Waals surface area contributed by atoms with E-state index < -0.39 is 0 Å². The quantitative estimate of drug-likeness (QED) is 0.886. The van der Waals surface area contributed by atoms with Gasteiger partial charge in [-0.05, 0) is 59.4 Å². The van der Waals surface area contributed by atoms with Crippen molar-refractivity contribution in [3.63, 3.8) is 0 Å². The summed E-state index contributed by atoms with van der Waals surface area (Å²) in [6.45, 7) is 0. The summed E-state index contributed by atoms with van der Waals surface area (Å²) in [5.74, 6) is 2.49. The van der Waals surface area contributed by atoms with Crippen LogP contribution in [0.4, 0.5) is 0 Å². The van der Waals surface area contributed by atoms with Gasteiger partial charge in [-0.25, -0.2) is 0 Å². The van der Waals surface area contributed by atoms with Gasteiger partial charge in [0.2, 0.25) is 0 Å². The number of hydrogen-bond acceptors (Lipinski definition) is 2. The first-order valence-electron chi connectivity index (χ1n) is 6.94. The summed E-state index contributed by atoms with van der Waals surface area (Å²) < 4.78 is 1.34. The van der Waals surface area contributed by atoms with Crippen LogP contribution in [0, 0.1) is 17.8 Å². The van der Waals surface area contributed by atoms with Crippen molar-refractivity contribution in [3.8, 4) is 0 Å². The molecule has 18 heavy (non-hydrogen) atoms. The van der Waals surface area contributed by atoms with Gasteiger partial charge < -0.3 is 5.11 Å². The Labute approximate surface area is 111 Å². The van der Waals surface area contributed by atoms with Crippen LogP contribution >= 0.6 is 11.3 Å². The molecule has 2 aliphatic carbocycles. The second-order valence-corrected chi connectivity index (χ2v) is 6.93. The maximum atomic E-state index is 10.4. The first kappa shape index (κ1) is 11.0. The first-order chi connectivity index (χ1) is 8.81. The zero-order valence-corrected chi connectivity index (χ0v) is 11.2. The fourth-order valence-corrected chi connectivity index (χ4v) is 4.63. The van der Waals surface area contributed by atoms with Crippen LogP contribution in [0.25, 0.3) is 10.1 Å². The molecule has 2 heteroatoms. The molecule has 94 valence electrons. The zero-order valence-electron chi connectivity index (χ0n) is 10.4. The van der Waals surface area contributed by atoms with Crippen molar-refractivity contribution in [3.05, 3.63) is 35.2 Å². The highest BCUT2D eigenvalue weighted by Crippen LogP contribution is 2.55. The number of rotatable bonds is 3. The average Bonchev–Trinajstić information content (AvgIpc) is 2.84. The van der Waals surface area contributed by atoms with E-state index in [1.54, 1.807) is 11.3 Å². The van der Waals surface area contributed by atoms with Crippen molar-refractivity contribution in [1.82, 2.24) is 0 Å². The highest BCUT2D eigenvalue weighted by atomic mass is 32.1. The van der Waals surface area contributed by atoms with Gasteiger partial charge in [-0.15, -0.1) is 11.3 Å². The minimum Gasteiger partial charge on any atom is -0.392 e. The van der Waals surface area contributed by atoms with Crippen LogP contribution in [0.15, 0.2) is 29.6 Å². The van der Waals surface area contributed by atoms with Crippen molar-refractivity contribution in [2.45, 2.75) is 31.8 Å². The lowest BCUT2D eigenvalue weighted by molar-refractivity contribution is 0.104. The van der Waals surface area contributed by atoms with Crippen molar-refractivity contribution < 1.29 is 5.11 Å². The smallest absolute Gasteiger partial charge is 0.0609 e. The van der Waals surface area contributed by atoms with Gasteiger partial charge in [-0.3, -0.25) is 0 Å². The minimum atomic E-state index is -0.129. The standard InChI is InChI=1S/C16H18OS/c17-15(12-6-10-5-11(10)7-12)8-13-9-18-16-4-2-1-3-14(13)16/h1-4,9-12,15,17H,5-8H2. The Morgan fingerprint density at radius 3 is 2.78 bits per heavy atom. The molecule has 2 saturated carbocycles. The Morgan fingerprint density at radius 2 is 1.94 bits per heavy atom. The summed E-state index contributed by atoms with van der Waals surface area (Å²) in [4.78, 5) is 0. The third-order valence-corrected chi connectivity index (χ3v) is 5.83. The largest absolute Gasteiger partial charge is 0.392 e. The highest BCUT2D eigenvalue weighted by molar-refractivity contribution is 7.17. The predicted octanol–water partition coefficient (Wildman–Crippen LogP) is 3.85. The Bertz CT molecular complexity index is 563. The number of hydrogen-bond donors (Lipinski definition) is 1. The molecule has 0 saturated heterocycles. The Hall–Kier alpha value is -0.860. The van der Waals surface area contributed by atoms with Crippen LogP contribution < -0.4 is 0 Å². The van der Waals surface area contributed by atoms with Crippen LogP contribution in [0.3, 0.4) is 0 Å². The summed E-state index contributed by atoms with van der Waals surface area (Å²) in [7, 11) is 0. The average molecular weight is 258 g/mol. The van der Waals surface area contributed by atoms with Crippen LogP contribution in [0.5, 0.6) is 0 Å². The lowest BCUT2D eigenvalue weighted by Crippen LogP contribution is -2.21. The van der Waals surface area contributed by atoms with Gasteiger partial charge in [0.25, 0.3) is 0 Å². The van der Waals surface area contributed by atoms with Gasteiger partial charge in [0.15, 0.2) is 0 Å². The molecular weight excluding hydrogens is 240 g/mol. The molecule has 3 unspecified atom stereocenters. The van der Waals surface area contributed by atoms with Gasteiger partial charge in [-0.2, -0.15) is 0 Å². The van der Waals surface area contributed by atoms with Gasteiger partial charge in [0.05, 0.1) is 6.10 Å². The summed E-state index contributed by atoms with van der Waals surface area (Å²) in [6, 6.07) is 8.53. The van der Waals surface area contributed by atoms with E-state index >= 15 is 0 Å². The Balaban J connectivity index is 1.53. The third kappa shape index (κ3) is 1.79. The van der Waals surface area contributed by atoms with Gasteiger partial charge in [0.1, 0.15) is 0 Å². The third-order valence-electron chi connectivity index (χ3n) is 4.81. The van der Waals surface area contributed by atoms with Crippen LogP contribution in [0.2, 0.25) is 0 Å². The Morgan fingerprint density at radius 1 is 1.17 bits per heavy atom. The normalized spacial score (nSPS) is 31.5. The maximum Gasteiger partial charge on any atom is 0.0609 e. The number of aliphatic hydroxyl groups excluding tert-OH is 1. The SMILES string of the molecule is OC(Cc1csc2ccccc12)C1CC2CC2C1. The molecule has 1 heterocycles. The van der Waals surface area contributed by atoms with Gasteiger partial charge >= 0.3 is 0 Å². The summed E-state index contributed by atoms with van der Waals surface area (Å²) in [6.07, 6.45) is 4.69. The van der Waals surface area contributed by atoms with E-state index in [-0.39, 0.29) is 6.10 Å². The number of thiophene rings is 1. The molecular formula is C16H18OS. The summed E-state index contributed by atoms with van der Waals surface area (Å²) in [5.41, 5.74) is 1.34. The molecule has 2 aliphatic rings. The van der Waals surface area contributed by atoms with Gasteiger partial charge in [0, 0.05) is 11.1 Å². The summed E-state index contributed by atoms with van der Waals surface area (Å²) >= 11 is 1.80. The van der Waals surface area contributed by atoms with E-state index in [0.717, 1.165) is 18.3 Å². The Kier molecular flexibility index (Phi) is 2.49. The highest BCUT2D eigenvalue weighted by Gasteiger charge is 2.47. The minimum absolute atomic E-state index is 0.129. The zero-order chi connectivity index (χ0) is 12.1. The van der Waals surface area contributed by atoms with Crippen molar-refractivity contribution in [2.75, 3.05) is 0 Å². The van der Waals surface area contributed by atoms with E-state index in [9.17, 15) is 5.11 Å². The van der Waals surface area contributed by atoms with Crippen molar-refractivity contribution in [1.29, 1.82) is 0 Å². The second-order valence-electron chi connectivity index (χ2n) is 6.02. The lowest BCUT2D eigenvalue weighted by atomic mass is 9.92. The van der Waals surface area contributed by atoms with Crippen LogP contribution in [0.1, 0.15) is 24.8 Å². The van der Waals surface area contributed by atoms with E-state index in [0.29, 0.717) is 5.92 Å². The fraction of sp³-hybridized carbons (Fsp3) is 0.500. The maximum absolute atomic E-state index is 10.4.